The van der Waals surface area contributed by atoms with E-state index in [2.05, 4.69) is 32.6 Å². The van der Waals surface area contributed by atoms with Crippen LogP contribution < -0.4 is 5.32 Å². The van der Waals surface area contributed by atoms with Crippen molar-refractivity contribution in [3.8, 4) is 22.6 Å². The van der Waals surface area contributed by atoms with Gasteiger partial charge in [0.1, 0.15) is 0 Å². The lowest BCUT2D eigenvalue weighted by atomic mass is 10.0. The molecule has 0 bridgehead atoms. The molecular formula is C24H22N4O2. The average Bonchev–Trinajstić information content (AvgIpc) is 3.27. The molecule has 4 aromatic rings. The van der Waals surface area contributed by atoms with E-state index in [0.717, 1.165) is 27.8 Å². The molecule has 2 aromatic heterocycles. The molecule has 0 aliphatic heterocycles. The van der Waals surface area contributed by atoms with Gasteiger partial charge in [-0.3, -0.25) is 9.78 Å². The molecule has 0 unspecified atom stereocenters. The molecule has 30 heavy (non-hydrogen) atoms. The largest absolute Gasteiger partial charge is 0.421 e. The summed E-state index contributed by atoms with van der Waals surface area (Å²) in [5.74, 6) is 0.850. The van der Waals surface area contributed by atoms with Crippen LogP contribution in [-0.2, 0) is 17.8 Å². The topological polar surface area (TPSA) is 80.9 Å². The van der Waals surface area contributed by atoms with E-state index in [0.29, 0.717) is 31.2 Å². The number of aryl methyl sites for hydroxylation is 2. The van der Waals surface area contributed by atoms with Crippen molar-refractivity contribution in [1.82, 2.24) is 20.5 Å². The number of aromatic nitrogens is 3. The molecule has 0 fully saturated rings. The number of rotatable bonds is 7. The fourth-order valence-corrected chi connectivity index (χ4v) is 3.11. The fourth-order valence-electron chi connectivity index (χ4n) is 3.11. The summed E-state index contributed by atoms with van der Waals surface area (Å²) >= 11 is 0. The lowest BCUT2D eigenvalue weighted by Gasteiger charge is -2.06. The highest BCUT2D eigenvalue weighted by atomic mass is 16.4. The molecule has 0 saturated heterocycles. The van der Waals surface area contributed by atoms with Gasteiger partial charge in [0, 0.05) is 37.3 Å². The van der Waals surface area contributed by atoms with Gasteiger partial charge in [0.05, 0.1) is 0 Å². The van der Waals surface area contributed by atoms with E-state index in [4.69, 9.17) is 4.42 Å². The summed E-state index contributed by atoms with van der Waals surface area (Å²) in [4.78, 5) is 16.2. The molecule has 0 atom stereocenters. The van der Waals surface area contributed by atoms with Crippen molar-refractivity contribution in [3.63, 3.8) is 0 Å². The van der Waals surface area contributed by atoms with E-state index in [1.54, 1.807) is 12.4 Å². The molecule has 1 N–H and O–H groups in total. The minimum absolute atomic E-state index is 0.0572. The lowest BCUT2D eigenvalue weighted by molar-refractivity contribution is -0.121. The third kappa shape index (κ3) is 4.78. The number of amides is 1. The Labute approximate surface area is 175 Å². The molecule has 0 spiro atoms. The van der Waals surface area contributed by atoms with Crippen LogP contribution in [0, 0.1) is 6.92 Å². The van der Waals surface area contributed by atoms with Gasteiger partial charge in [0.2, 0.25) is 17.7 Å². The van der Waals surface area contributed by atoms with Crippen molar-refractivity contribution < 1.29 is 9.21 Å². The lowest BCUT2D eigenvalue weighted by Crippen LogP contribution is -2.23. The molecule has 0 aliphatic rings. The van der Waals surface area contributed by atoms with Gasteiger partial charge in [0.15, 0.2) is 0 Å². The molecule has 0 radical (unpaired) electrons. The number of carbonyl (C=O) groups excluding carboxylic acids is 1. The van der Waals surface area contributed by atoms with Crippen LogP contribution >= 0.6 is 0 Å². The molecule has 4 rings (SSSR count). The van der Waals surface area contributed by atoms with Gasteiger partial charge < -0.3 is 9.73 Å². The maximum atomic E-state index is 12.1. The number of nitrogens with one attached hydrogen (secondary N) is 1. The zero-order valence-electron chi connectivity index (χ0n) is 16.7. The molecule has 0 saturated carbocycles. The Kier molecular flexibility index (Phi) is 5.94. The fraction of sp³-hybridized carbons (Fsp3) is 0.167. The first-order chi connectivity index (χ1) is 14.7. The standard InChI is InChI=1S/C24H22N4O2/c1-17-15-25-14-13-21(17)16-26-22(29)11-12-23-27-28-24(30-23)20-9-7-19(8-10-20)18-5-3-2-4-6-18/h2-10,13-15H,11-12,16H2,1H3,(H,26,29). The maximum absolute atomic E-state index is 12.1. The molecule has 0 aliphatic carbocycles. The third-order valence-corrected chi connectivity index (χ3v) is 4.88. The van der Waals surface area contributed by atoms with Crippen LogP contribution in [0.25, 0.3) is 22.6 Å². The zero-order chi connectivity index (χ0) is 20.8. The molecular weight excluding hydrogens is 376 g/mol. The van der Waals surface area contributed by atoms with Gasteiger partial charge in [-0.25, -0.2) is 0 Å². The smallest absolute Gasteiger partial charge is 0.247 e. The molecule has 2 heterocycles. The summed E-state index contributed by atoms with van der Waals surface area (Å²) in [6.45, 7) is 2.46. The minimum Gasteiger partial charge on any atom is -0.421 e. The first kappa shape index (κ1) is 19.5. The van der Waals surface area contributed by atoms with Crippen molar-refractivity contribution in [2.24, 2.45) is 0 Å². The number of nitrogens with zero attached hydrogens (tertiary/aromatic N) is 3. The number of benzene rings is 2. The van der Waals surface area contributed by atoms with Gasteiger partial charge in [-0.05, 0) is 47.4 Å². The number of hydrogen-bond acceptors (Lipinski definition) is 5. The SMILES string of the molecule is Cc1cnccc1CNC(=O)CCc1nnc(-c2ccc(-c3ccccc3)cc2)o1. The predicted molar refractivity (Wildman–Crippen MR) is 114 cm³/mol. The molecule has 2 aromatic carbocycles. The second kappa shape index (κ2) is 9.13. The second-order valence-corrected chi connectivity index (χ2v) is 7.02. The van der Waals surface area contributed by atoms with Crippen molar-refractivity contribution in [2.45, 2.75) is 26.3 Å². The van der Waals surface area contributed by atoms with Gasteiger partial charge >= 0.3 is 0 Å². The van der Waals surface area contributed by atoms with E-state index < -0.39 is 0 Å². The van der Waals surface area contributed by atoms with Crippen LogP contribution in [0.4, 0.5) is 0 Å². The van der Waals surface area contributed by atoms with Gasteiger partial charge in [-0.15, -0.1) is 10.2 Å². The van der Waals surface area contributed by atoms with E-state index in [-0.39, 0.29) is 5.91 Å². The Morgan fingerprint density at radius 2 is 1.67 bits per heavy atom. The minimum atomic E-state index is -0.0572. The highest BCUT2D eigenvalue weighted by molar-refractivity contribution is 5.76. The highest BCUT2D eigenvalue weighted by Gasteiger charge is 2.11. The predicted octanol–water partition coefficient (Wildman–Crippen LogP) is 4.36. The average molecular weight is 398 g/mol. The Balaban J connectivity index is 1.32. The summed E-state index contributed by atoms with van der Waals surface area (Å²) in [5.41, 5.74) is 5.24. The quantitative estimate of drug-likeness (QED) is 0.500. The summed E-state index contributed by atoms with van der Waals surface area (Å²) in [5, 5.41) is 11.1. The van der Waals surface area contributed by atoms with Crippen LogP contribution in [0.2, 0.25) is 0 Å². The van der Waals surface area contributed by atoms with Crippen molar-refractivity contribution in [2.75, 3.05) is 0 Å². The van der Waals surface area contributed by atoms with Crippen LogP contribution in [0.5, 0.6) is 0 Å². The van der Waals surface area contributed by atoms with Crippen molar-refractivity contribution in [1.29, 1.82) is 0 Å². The van der Waals surface area contributed by atoms with Crippen LogP contribution in [-0.4, -0.2) is 21.1 Å². The van der Waals surface area contributed by atoms with Gasteiger partial charge in [-0.2, -0.15) is 0 Å². The normalized spacial score (nSPS) is 10.7. The van der Waals surface area contributed by atoms with E-state index in [1.807, 2.05) is 55.5 Å². The Bertz CT molecular complexity index is 1120. The van der Waals surface area contributed by atoms with Gasteiger partial charge in [0.25, 0.3) is 0 Å². The zero-order valence-corrected chi connectivity index (χ0v) is 16.7. The summed E-state index contributed by atoms with van der Waals surface area (Å²) < 4.78 is 5.74. The molecule has 1 amide bonds. The first-order valence-corrected chi connectivity index (χ1v) is 9.83. The Morgan fingerprint density at radius 3 is 2.43 bits per heavy atom. The number of carbonyl (C=O) groups is 1. The van der Waals surface area contributed by atoms with Crippen molar-refractivity contribution >= 4 is 5.91 Å². The van der Waals surface area contributed by atoms with E-state index in [9.17, 15) is 4.79 Å². The van der Waals surface area contributed by atoms with E-state index >= 15 is 0 Å². The van der Waals surface area contributed by atoms with Crippen molar-refractivity contribution in [3.05, 3.63) is 90.1 Å². The third-order valence-electron chi connectivity index (χ3n) is 4.88. The molecule has 150 valence electrons. The monoisotopic (exact) mass is 398 g/mol. The highest BCUT2D eigenvalue weighted by Crippen LogP contribution is 2.24. The van der Waals surface area contributed by atoms with Gasteiger partial charge in [-0.1, -0.05) is 42.5 Å². The number of pyridine rings is 1. The summed E-state index contributed by atoms with van der Waals surface area (Å²) in [6, 6.07) is 20.1. The molecule has 6 nitrogen and oxygen atoms in total. The second-order valence-electron chi connectivity index (χ2n) is 7.02. The Hall–Kier alpha value is -3.80. The Morgan fingerprint density at radius 1 is 0.933 bits per heavy atom. The van der Waals surface area contributed by atoms with Crippen LogP contribution in [0.1, 0.15) is 23.4 Å². The number of hydrogen-bond donors (Lipinski definition) is 1. The molecule has 6 heteroatoms. The summed E-state index contributed by atoms with van der Waals surface area (Å²) in [7, 11) is 0. The van der Waals surface area contributed by atoms with Crippen LogP contribution in [0.3, 0.4) is 0 Å². The van der Waals surface area contributed by atoms with Crippen LogP contribution in [0.15, 0.2) is 77.5 Å². The van der Waals surface area contributed by atoms with E-state index in [1.165, 1.54) is 0 Å². The first-order valence-electron chi connectivity index (χ1n) is 9.83. The summed E-state index contributed by atoms with van der Waals surface area (Å²) in [6.07, 6.45) is 4.20. The maximum Gasteiger partial charge on any atom is 0.247 e.